The third-order valence-corrected chi connectivity index (χ3v) is 6.83. The standard InChI is InChI=1S/C28H28ClFN2O3/c1-35-24-7-8-27-25(17-24)20(9-11-31-27)5-2-6-21-10-13-32(18-26(21)28(33)34)12-3-4-19-14-22(29)16-23(30)15-19/h7-9,11,14-17,21,26H,2,5-6,10,12-13,18H2,1H3,(H,33,34). The summed E-state index contributed by atoms with van der Waals surface area (Å²) in [6, 6.07) is 12.1. The number of carboxylic acids is 1. The Morgan fingerprint density at radius 2 is 2.14 bits per heavy atom. The van der Waals surface area contributed by atoms with Crippen molar-refractivity contribution < 1.29 is 19.0 Å². The van der Waals surface area contributed by atoms with Gasteiger partial charge >= 0.3 is 5.97 Å². The lowest BCUT2D eigenvalue weighted by molar-refractivity contribution is -0.146. The number of ether oxygens (including phenoxy) is 1. The molecular weight excluding hydrogens is 467 g/mol. The highest BCUT2D eigenvalue weighted by atomic mass is 35.5. The van der Waals surface area contributed by atoms with E-state index in [4.69, 9.17) is 16.3 Å². The Kier molecular flexibility index (Phi) is 8.22. The zero-order chi connectivity index (χ0) is 24.8. The molecule has 1 N–H and O–H groups in total. The molecule has 3 aromatic rings. The predicted octanol–water partition coefficient (Wildman–Crippen LogP) is 5.43. The van der Waals surface area contributed by atoms with Gasteiger partial charge in [-0.15, -0.1) is 0 Å². The van der Waals surface area contributed by atoms with E-state index in [1.54, 1.807) is 13.2 Å². The van der Waals surface area contributed by atoms with Crippen molar-refractivity contribution in [1.82, 2.24) is 9.88 Å². The van der Waals surface area contributed by atoms with Gasteiger partial charge in [0, 0.05) is 28.7 Å². The number of fused-ring (bicyclic) bond motifs is 1. The maximum atomic E-state index is 13.5. The van der Waals surface area contributed by atoms with Gasteiger partial charge < -0.3 is 9.84 Å². The number of piperidine rings is 1. The van der Waals surface area contributed by atoms with Gasteiger partial charge in [-0.05, 0) is 86.2 Å². The van der Waals surface area contributed by atoms with Crippen molar-refractivity contribution in [1.29, 1.82) is 0 Å². The summed E-state index contributed by atoms with van der Waals surface area (Å²) in [7, 11) is 1.65. The number of likely N-dealkylation sites (tertiary alicyclic amines) is 1. The van der Waals surface area contributed by atoms with Gasteiger partial charge in [0.1, 0.15) is 11.6 Å². The first-order chi connectivity index (χ1) is 16.9. The highest BCUT2D eigenvalue weighted by Crippen LogP contribution is 2.30. The van der Waals surface area contributed by atoms with E-state index in [2.05, 4.69) is 21.7 Å². The van der Waals surface area contributed by atoms with Crippen LogP contribution in [0, 0.1) is 29.5 Å². The van der Waals surface area contributed by atoms with Crippen molar-refractivity contribution in [2.45, 2.75) is 25.7 Å². The van der Waals surface area contributed by atoms with Crippen LogP contribution in [0.5, 0.6) is 5.75 Å². The van der Waals surface area contributed by atoms with Crippen LogP contribution in [-0.4, -0.2) is 47.7 Å². The summed E-state index contributed by atoms with van der Waals surface area (Å²) in [6.45, 7) is 1.70. The number of halogens is 2. The molecule has 2 atom stereocenters. The second kappa shape index (κ2) is 11.5. The molecule has 7 heteroatoms. The third kappa shape index (κ3) is 6.50. The molecule has 0 amide bonds. The zero-order valence-electron chi connectivity index (χ0n) is 19.6. The van der Waals surface area contributed by atoms with Crippen LogP contribution in [0.1, 0.15) is 30.4 Å². The fraction of sp³-hybridized carbons (Fsp3) is 0.357. The smallest absolute Gasteiger partial charge is 0.308 e. The minimum atomic E-state index is -0.760. The van der Waals surface area contributed by atoms with E-state index in [0.29, 0.717) is 23.7 Å². The Bertz CT molecular complexity index is 1250. The van der Waals surface area contributed by atoms with Crippen LogP contribution in [0.4, 0.5) is 4.39 Å². The van der Waals surface area contributed by atoms with Gasteiger partial charge in [-0.25, -0.2) is 4.39 Å². The molecule has 0 radical (unpaired) electrons. The van der Waals surface area contributed by atoms with Crippen molar-refractivity contribution >= 4 is 28.5 Å². The molecule has 2 heterocycles. The second-order valence-corrected chi connectivity index (χ2v) is 9.37. The van der Waals surface area contributed by atoms with Crippen LogP contribution < -0.4 is 4.74 Å². The molecule has 1 fully saturated rings. The second-order valence-electron chi connectivity index (χ2n) is 8.93. The van der Waals surface area contributed by atoms with Crippen LogP contribution in [0.25, 0.3) is 10.9 Å². The van der Waals surface area contributed by atoms with E-state index in [9.17, 15) is 14.3 Å². The number of hydrogen-bond acceptors (Lipinski definition) is 4. The van der Waals surface area contributed by atoms with Crippen molar-refractivity contribution in [3.05, 3.63) is 70.6 Å². The summed E-state index contributed by atoms with van der Waals surface area (Å²) in [5.41, 5.74) is 2.65. The van der Waals surface area contributed by atoms with E-state index in [-0.39, 0.29) is 5.92 Å². The number of methoxy groups -OCH3 is 1. The highest BCUT2D eigenvalue weighted by molar-refractivity contribution is 6.30. The van der Waals surface area contributed by atoms with E-state index in [0.717, 1.165) is 48.9 Å². The van der Waals surface area contributed by atoms with Crippen LogP contribution >= 0.6 is 11.6 Å². The number of benzene rings is 2. The summed E-state index contributed by atoms with van der Waals surface area (Å²) in [4.78, 5) is 18.5. The number of aliphatic carboxylic acids is 1. The predicted molar refractivity (Wildman–Crippen MR) is 135 cm³/mol. The summed E-state index contributed by atoms with van der Waals surface area (Å²) >= 11 is 5.88. The van der Waals surface area contributed by atoms with E-state index in [1.807, 2.05) is 30.5 Å². The average molecular weight is 495 g/mol. The SMILES string of the molecule is COc1ccc2nccc(CCCC3CCN(CC#Cc4cc(F)cc(Cl)c4)CC3C(=O)O)c2c1. The molecule has 1 saturated heterocycles. The maximum Gasteiger partial charge on any atom is 0.308 e. The van der Waals surface area contributed by atoms with Gasteiger partial charge in [0.15, 0.2) is 0 Å². The lowest BCUT2D eigenvalue weighted by Gasteiger charge is -2.35. The molecule has 1 aliphatic heterocycles. The Balaban J connectivity index is 1.34. The molecule has 5 nitrogen and oxygen atoms in total. The van der Waals surface area contributed by atoms with Crippen LogP contribution in [0.3, 0.4) is 0 Å². The molecule has 0 bridgehead atoms. The van der Waals surface area contributed by atoms with Crippen molar-refractivity contribution in [2.75, 3.05) is 26.7 Å². The van der Waals surface area contributed by atoms with Gasteiger partial charge in [-0.1, -0.05) is 23.4 Å². The number of carbonyl (C=O) groups is 1. The Morgan fingerprint density at radius 1 is 1.29 bits per heavy atom. The quantitative estimate of drug-likeness (QED) is 0.443. The Morgan fingerprint density at radius 3 is 2.91 bits per heavy atom. The molecule has 182 valence electrons. The van der Waals surface area contributed by atoms with Gasteiger partial charge in [0.05, 0.1) is 25.1 Å². The molecule has 2 unspecified atom stereocenters. The first kappa shape index (κ1) is 25.0. The summed E-state index contributed by atoms with van der Waals surface area (Å²) < 4.78 is 18.8. The number of rotatable bonds is 7. The first-order valence-electron chi connectivity index (χ1n) is 11.7. The summed E-state index contributed by atoms with van der Waals surface area (Å²) in [5, 5.41) is 11.2. The molecule has 35 heavy (non-hydrogen) atoms. The van der Waals surface area contributed by atoms with Crippen molar-refractivity contribution in [3.8, 4) is 17.6 Å². The Hall–Kier alpha value is -3.14. The lowest BCUT2D eigenvalue weighted by atomic mass is 9.81. The summed E-state index contributed by atoms with van der Waals surface area (Å²) in [6.07, 6.45) is 5.26. The van der Waals surface area contributed by atoms with Crippen LogP contribution in [0.15, 0.2) is 48.7 Å². The highest BCUT2D eigenvalue weighted by Gasteiger charge is 2.33. The monoisotopic (exact) mass is 494 g/mol. The van der Waals surface area contributed by atoms with Crippen molar-refractivity contribution in [2.24, 2.45) is 11.8 Å². The van der Waals surface area contributed by atoms with Gasteiger partial charge in [0.2, 0.25) is 0 Å². The lowest BCUT2D eigenvalue weighted by Crippen LogP contribution is -2.44. The summed E-state index contributed by atoms with van der Waals surface area (Å²) in [5.74, 6) is 5.27. The normalized spacial score (nSPS) is 18.1. The molecular formula is C28H28ClFN2O3. The third-order valence-electron chi connectivity index (χ3n) is 6.62. The Labute approximate surface area is 209 Å². The van der Waals surface area contributed by atoms with E-state index < -0.39 is 17.7 Å². The molecule has 2 aromatic carbocycles. The minimum absolute atomic E-state index is 0.126. The average Bonchev–Trinajstić information content (AvgIpc) is 2.84. The fourth-order valence-electron chi connectivity index (χ4n) is 4.80. The molecule has 1 aromatic heterocycles. The fourth-order valence-corrected chi connectivity index (χ4v) is 5.02. The molecule has 1 aliphatic rings. The van der Waals surface area contributed by atoms with E-state index >= 15 is 0 Å². The molecule has 0 saturated carbocycles. The van der Waals surface area contributed by atoms with Gasteiger partial charge in [-0.2, -0.15) is 0 Å². The van der Waals surface area contributed by atoms with Gasteiger partial charge in [-0.3, -0.25) is 14.7 Å². The van der Waals surface area contributed by atoms with E-state index in [1.165, 1.54) is 17.7 Å². The number of hydrogen-bond donors (Lipinski definition) is 1. The first-order valence-corrected chi connectivity index (χ1v) is 12.1. The van der Waals surface area contributed by atoms with Crippen LogP contribution in [0.2, 0.25) is 5.02 Å². The van der Waals surface area contributed by atoms with Crippen molar-refractivity contribution in [3.63, 3.8) is 0 Å². The largest absolute Gasteiger partial charge is 0.497 e. The molecule has 4 rings (SSSR count). The topological polar surface area (TPSA) is 62.7 Å². The van der Waals surface area contributed by atoms with Crippen LogP contribution in [-0.2, 0) is 11.2 Å². The number of aromatic nitrogens is 1. The number of nitrogens with zero attached hydrogens (tertiary/aromatic N) is 2. The van der Waals surface area contributed by atoms with Gasteiger partial charge in [0.25, 0.3) is 0 Å². The molecule has 0 spiro atoms. The maximum absolute atomic E-state index is 13.5. The number of pyridine rings is 1. The molecule has 0 aliphatic carbocycles. The zero-order valence-corrected chi connectivity index (χ0v) is 20.4. The number of carboxylic acid groups (broad SMARTS) is 1. The number of aryl methyl sites for hydroxylation is 1. The minimum Gasteiger partial charge on any atom is -0.497 e.